The van der Waals surface area contributed by atoms with Gasteiger partial charge in [-0.05, 0) is 55.0 Å². The third-order valence-corrected chi connectivity index (χ3v) is 4.11. The molecule has 2 nitrogen and oxygen atoms in total. The highest BCUT2D eigenvalue weighted by molar-refractivity contribution is 5.54. The van der Waals surface area contributed by atoms with E-state index in [0.717, 1.165) is 18.7 Å². The molecule has 0 spiro atoms. The Labute approximate surface area is 121 Å². The minimum Gasteiger partial charge on any atom is -0.399 e. The predicted octanol–water partition coefficient (Wildman–Crippen LogP) is 3.65. The van der Waals surface area contributed by atoms with Crippen molar-refractivity contribution in [1.29, 1.82) is 0 Å². The minimum absolute atomic E-state index is 0.842. The molecule has 0 bridgehead atoms. The van der Waals surface area contributed by atoms with Gasteiger partial charge in [0.2, 0.25) is 0 Å². The summed E-state index contributed by atoms with van der Waals surface area (Å²) in [4.78, 5) is 2.54. The summed E-state index contributed by atoms with van der Waals surface area (Å²) >= 11 is 0. The second kappa shape index (κ2) is 6.00. The third-order valence-electron chi connectivity index (χ3n) is 4.11. The average Bonchev–Trinajstić information content (AvgIpc) is 2.69. The Morgan fingerprint density at radius 1 is 0.950 bits per heavy atom. The van der Waals surface area contributed by atoms with Crippen molar-refractivity contribution in [2.75, 3.05) is 23.7 Å². The number of anilines is 2. The molecule has 1 aliphatic rings. The van der Waals surface area contributed by atoms with Gasteiger partial charge < -0.3 is 10.6 Å². The first kappa shape index (κ1) is 13.0. The molecule has 1 aliphatic heterocycles. The molecular weight excluding hydrogens is 244 g/mol. The molecule has 0 aliphatic carbocycles. The Kier molecular flexibility index (Phi) is 3.91. The van der Waals surface area contributed by atoms with Crippen molar-refractivity contribution in [3.63, 3.8) is 0 Å². The normalized spacial score (nSPS) is 14.7. The number of nitrogens with two attached hydrogens (primary N) is 1. The highest BCUT2D eigenvalue weighted by Gasteiger charge is 2.14. The van der Waals surface area contributed by atoms with Crippen LogP contribution in [0.5, 0.6) is 0 Å². The Morgan fingerprint density at radius 3 is 2.60 bits per heavy atom. The van der Waals surface area contributed by atoms with Crippen LogP contribution in [-0.2, 0) is 12.8 Å². The van der Waals surface area contributed by atoms with Gasteiger partial charge in [0.05, 0.1) is 0 Å². The lowest BCUT2D eigenvalue weighted by Crippen LogP contribution is -2.26. The van der Waals surface area contributed by atoms with Crippen molar-refractivity contribution in [3.8, 4) is 0 Å². The topological polar surface area (TPSA) is 29.3 Å². The van der Waals surface area contributed by atoms with Crippen molar-refractivity contribution in [3.05, 3.63) is 59.7 Å². The summed E-state index contributed by atoms with van der Waals surface area (Å²) in [5, 5.41) is 0. The summed E-state index contributed by atoms with van der Waals surface area (Å²) in [5.74, 6) is 0. The fourth-order valence-corrected chi connectivity index (χ4v) is 2.95. The standard InChI is InChI=1S/C18H22N2/c19-17-10-8-15(9-11-17)12-14-20-13-4-3-6-16-5-1-2-7-18(16)20/h1-2,5,7-11H,3-4,6,12-14,19H2. The van der Waals surface area contributed by atoms with E-state index < -0.39 is 0 Å². The number of nitrogens with zero attached hydrogens (tertiary/aromatic N) is 1. The van der Waals surface area contributed by atoms with E-state index in [2.05, 4.69) is 41.3 Å². The number of fused-ring (bicyclic) bond motifs is 1. The monoisotopic (exact) mass is 266 g/mol. The van der Waals surface area contributed by atoms with Gasteiger partial charge in [-0.3, -0.25) is 0 Å². The molecule has 2 heteroatoms. The molecule has 0 radical (unpaired) electrons. The van der Waals surface area contributed by atoms with Crippen LogP contribution in [0.3, 0.4) is 0 Å². The maximum Gasteiger partial charge on any atom is 0.0398 e. The molecule has 1 heterocycles. The van der Waals surface area contributed by atoms with Gasteiger partial charge in [-0.1, -0.05) is 30.3 Å². The van der Waals surface area contributed by atoms with E-state index >= 15 is 0 Å². The molecule has 20 heavy (non-hydrogen) atoms. The van der Waals surface area contributed by atoms with E-state index in [-0.39, 0.29) is 0 Å². The van der Waals surface area contributed by atoms with Crippen molar-refractivity contribution in [1.82, 2.24) is 0 Å². The highest BCUT2D eigenvalue weighted by atomic mass is 15.1. The Hall–Kier alpha value is -1.96. The fourth-order valence-electron chi connectivity index (χ4n) is 2.95. The van der Waals surface area contributed by atoms with Gasteiger partial charge in [0, 0.05) is 24.5 Å². The Morgan fingerprint density at radius 2 is 1.75 bits per heavy atom. The lowest BCUT2D eigenvalue weighted by Gasteiger charge is -2.25. The average molecular weight is 266 g/mol. The smallest absolute Gasteiger partial charge is 0.0398 e. The fraction of sp³-hybridized carbons (Fsp3) is 0.333. The zero-order chi connectivity index (χ0) is 13.8. The van der Waals surface area contributed by atoms with Gasteiger partial charge in [-0.25, -0.2) is 0 Å². The molecule has 0 amide bonds. The van der Waals surface area contributed by atoms with E-state index in [1.54, 1.807) is 0 Å². The molecule has 0 saturated carbocycles. The highest BCUT2D eigenvalue weighted by Crippen LogP contribution is 2.26. The Bertz CT molecular complexity index is 560. The molecule has 2 aromatic carbocycles. The lowest BCUT2D eigenvalue weighted by molar-refractivity contribution is 0.711. The number of rotatable bonds is 3. The summed E-state index contributed by atoms with van der Waals surface area (Å²) < 4.78 is 0. The second-order valence-electron chi connectivity index (χ2n) is 5.56. The van der Waals surface area contributed by atoms with E-state index in [1.807, 2.05) is 12.1 Å². The summed E-state index contributed by atoms with van der Waals surface area (Å²) in [7, 11) is 0. The lowest BCUT2D eigenvalue weighted by atomic mass is 10.1. The van der Waals surface area contributed by atoms with Gasteiger partial charge >= 0.3 is 0 Å². The van der Waals surface area contributed by atoms with Crippen LogP contribution >= 0.6 is 0 Å². The van der Waals surface area contributed by atoms with E-state index in [0.29, 0.717) is 0 Å². The quantitative estimate of drug-likeness (QED) is 0.859. The molecule has 0 unspecified atom stereocenters. The van der Waals surface area contributed by atoms with Crippen molar-refractivity contribution >= 4 is 11.4 Å². The van der Waals surface area contributed by atoms with Crippen molar-refractivity contribution in [2.45, 2.75) is 25.7 Å². The first-order valence-electron chi connectivity index (χ1n) is 7.50. The summed E-state index contributed by atoms with van der Waals surface area (Å²) in [6.07, 6.45) is 4.88. The zero-order valence-corrected chi connectivity index (χ0v) is 11.9. The summed E-state index contributed by atoms with van der Waals surface area (Å²) in [6.45, 7) is 2.26. The van der Waals surface area contributed by atoms with Crippen LogP contribution in [0, 0.1) is 0 Å². The maximum atomic E-state index is 5.74. The number of para-hydroxylation sites is 1. The Balaban J connectivity index is 1.72. The molecule has 0 aromatic heterocycles. The van der Waals surface area contributed by atoms with Gasteiger partial charge in [0.25, 0.3) is 0 Å². The van der Waals surface area contributed by atoms with Crippen LogP contribution in [-0.4, -0.2) is 13.1 Å². The molecule has 0 saturated heterocycles. The van der Waals surface area contributed by atoms with Crippen molar-refractivity contribution < 1.29 is 0 Å². The third kappa shape index (κ3) is 2.96. The molecule has 2 aromatic rings. The molecule has 0 fully saturated rings. The first-order chi connectivity index (χ1) is 9.83. The number of benzene rings is 2. The SMILES string of the molecule is Nc1ccc(CCN2CCCCc3ccccc32)cc1. The zero-order valence-electron chi connectivity index (χ0n) is 11.9. The summed E-state index contributed by atoms with van der Waals surface area (Å²) in [6, 6.07) is 17.1. The maximum absolute atomic E-state index is 5.74. The number of nitrogen functional groups attached to an aromatic ring is 1. The number of hydrogen-bond acceptors (Lipinski definition) is 2. The largest absolute Gasteiger partial charge is 0.399 e. The van der Waals surface area contributed by atoms with E-state index in [9.17, 15) is 0 Å². The van der Waals surface area contributed by atoms with Crippen molar-refractivity contribution in [2.24, 2.45) is 0 Å². The van der Waals surface area contributed by atoms with Crippen LogP contribution in [0.25, 0.3) is 0 Å². The van der Waals surface area contributed by atoms with Gasteiger partial charge in [-0.2, -0.15) is 0 Å². The first-order valence-corrected chi connectivity index (χ1v) is 7.50. The van der Waals surface area contributed by atoms with Crippen LogP contribution in [0.2, 0.25) is 0 Å². The number of aryl methyl sites for hydroxylation is 1. The minimum atomic E-state index is 0.842. The van der Waals surface area contributed by atoms with Crippen LogP contribution in [0.4, 0.5) is 11.4 Å². The second-order valence-corrected chi connectivity index (χ2v) is 5.56. The van der Waals surface area contributed by atoms with Crippen LogP contribution in [0.15, 0.2) is 48.5 Å². The van der Waals surface area contributed by atoms with Gasteiger partial charge in [0.15, 0.2) is 0 Å². The number of hydrogen-bond donors (Lipinski definition) is 1. The predicted molar refractivity (Wildman–Crippen MR) is 86.2 cm³/mol. The summed E-state index contributed by atoms with van der Waals surface area (Å²) in [5.41, 5.74) is 10.9. The van der Waals surface area contributed by atoms with E-state index in [4.69, 9.17) is 5.73 Å². The van der Waals surface area contributed by atoms with Gasteiger partial charge in [0.1, 0.15) is 0 Å². The van der Waals surface area contributed by atoms with Gasteiger partial charge in [-0.15, -0.1) is 0 Å². The van der Waals surface area contributed by atoms with Crippen LogP contribution < -0.4 is 10.6 Å². The van der Waals surface area contributed by atoms with E-state index in [1.165, 1.54) is 42.6 Å². The molecular formula is C18H22N2. The molecule has 104 valence electrons. The molecule has 0 atom stereocenters. The van der Waals surface area contributed by atoms with Crippen LogP contribution in [0.1, 0.15) is 24.0 Å². The molecule has 2 N–H and O–H groups in total. The molecule has 3 rings (SSSR count).